The molecule has 0 spiro atoms. The second kappa shape index (κ2) is 20.5. The number of nitrogen functional groups attached to an aromatic ring is 1. The Hall–Kier alpha value is -3.93. The number of cyclic esters (lactones) is 1. The molecule has 5 rings (SSSR count). The lowest BCUT2D eigenvalue weighted by Gasteiger charge is -2.46. The monoisotopic (exact) mass is 854 g/mol. The molecule has 0 aliphatic carbocycles. The topological polar surface area (TPSA) is 193 Å². The van der Waals surface area contributed by atoms with Crippen LogP contribution in [0.4, 0.5) is 10.5 Å². The van der Waals surface area contributed by atoms with E-state index >= 15 is 0 Å². The van der Waals surface area contributed by atoms with Gasteiger partial charge in [-0.05, 0) is 105 Å². The molecule has 4 N–H and O–H groups in total. The van der Waals surface area contributed by atoms with Gasteiger partial charge in [0.15, 0.2) is 17.7 Å². The lowest BCUT2D eigenvalue weighted by molar-refractivity contribution is -0.295. The van der Waals surface area contributed by atoms with E-state index in [0.717, 1.165) is 11.3 Å². The van der Waals surface area contributed by atoms with E-state index in [0.29, 0.717) is 63.8 Å². The number of aromatic nitrogens is 3. The second-order valence-electron chi connectivity index (χ2n) is 18.1. The molecule has 0 bridgehead atoms. The zero-order chi connectivity index (χ0) is 44.8. The Morgan fingerprint density at radius 2 is 1.85 bits per heavy atom. The van der Waals surface area contributed by atoms with Gasteiger partial charge in [-0.15, -0.1) is 11.7 Å². The number of aliphatic hydroxyl groups is 1. The highest BCUT2D eigenvalue weighted by Crippen LogP contribution is 2.41. The summed E-state index contributed by atoms with van der Waals surface area (Å²) in [4.78, 5) is 46.3. The summed E-state index contributed by atoms with van der Waals surface area (Å²) in [6, 6.07) is 6.33. The van der Waals surface area contributed by atoms with Crippen LogP contribution in [-0.2, 0) is 39.8 Å². The number of Topliss-reactive ketones (excluding diaryl/α,β-unsaturated/α-hetero) is 1. The number of benzene rings is 1. The highest BCUT2D eigenvalue weighted by atomic mass is 16.7. The average Bonchev–Trinajstić information content (AvgIpc) is 3.80. The molecule has 3 saturated heterocycles. The van der Waals surface area contributed by atoms with Crippen LogP contribution < -0.4 is 11.1 Å². The summed E-state index contributed by atoms with van der Waals surface area (Å²) in [5, 5.41) is 23.9. The molecule has 3 aliphatic rings. The molecule has 0 saturated carbocycles. The zero-order valence-corrected chi connectivity index (χ0v) is 37.9. The highest BCUT2D eigenvalue weighted by Gasteiger charge is 2.59. The van der Waals surface area contributed by atoms with Crippen molar-refractivity contribution in [2.75, 3.05) is 40.0 Å². The number of methoxy groups -OCH3 is 1. The fraction of sp³-hybridized carbons (Fsp3) is 0.711. The van der Waals surface area contributed by atoms with Crippen LogP contribution in [0, 0.1) is 17.8 Å². The van der Waals surface area contributed by atoms with E-state index in [2.05, 4.69) is 29.1 Å². The first kappa shape index (κ1) is 48.1. The van der Waals surface area contributed by atoms with Crippen molar-refractivity contribution in [3.05, 3.63) is 43.1 Å². The zero-order valence-electron chi connectivity index (χ0n) is 37.9. The predicted octanol–water partition coefficient (Wildman–Crippen LogP) is 4.84. The van der Waals surface area contributed by atoms with Gasteiger partial charge in [0, 0.05) is 49.5 Å². The van der Waals surface area contributed by atoms with Crippen molar-refractivity contribution >= 4 is 23.5 Å². The Morgan fingerprint density at radius 3 is 2.51 bits per heavy atom. The summed E-state index contributed by atoms with van der Waals surface area (Å²) >= 11 is 0. The van der Waals surface area contributed by atoms with Crippen LogP contribution in [0.25, 0.3) is 11.3 Å². The summed E-state index contributed by atoms with van der Waals surface area (Å²) in [6.45, 7) is 18.4. The van der Waals surface area contributed by atoms with Crippen LogP contribution >= 0.6 is 0 Å². The van der Waals surface area contributed by atoms with Crippen molar-refractivity contribution in [1.82, 2.24) is 30.1 Å². The fourth-order valence-corrected chi connectivity index (χ4v) is 9.66. The number of anilines is 1. The molecule has 1 aromatic heterocycles. The molecule has 4 heterocycles. The normalized spacial score (nSPS) is 35.6. The first-order valence-corrected chi connectivity index (χ1v) is 21.9. The van der Waals surface area contributed by atoms with Gasteiger partial charge in [0.05, 0.1) is 30.0 Å². The minimum absolute atomic E-state index is 0.0451. The number of carbonyl (C=O) groups is 3. The van der Waals surface area contributed by atoms with E-state index in [1.165, 1.54) is 6.92 Å². The number of esters is 1. The number of ketones is 1. The molecule has 61 heavy (non-hydrogen) atoms. The third kappa shape index (κ3) is 10.8. The number of likely N-dealkylation sites (N-methyl/N-ethyl adjacent to an activating group) is 1. The van der Waals surface area contributed by atoms with Crippen LogP contribution in [0.1, 0.15) is 87.0 Å². The summed E-state index contributed by atoms with van der Waals surface area (Å²) in [7, 11) is 5.39. The molecule has 340 valence electrons. The number of ether oxygens (including phenoxy) is 5. The number of amides is 1. The van der Waals surface area contributed by atoms with Gasteiger partial charge < -0.3 is 44.7 Å². The average molecular weight is 854 g/mol. The number of hydrogen-bond acceptors (Lipinski definition) is 14. The van der Waals surface area contributed by atoms with Crippen LogP contribution in [0.5, 0.6) is 0 Å². The Kier molecular flexibility index (Phi) is 16.2. The first-order valence-electron chi connectivity index (χ1n) is 21.9. The summed E-state index contributed by atoms with van der Waals surface area (Å²) in [6.07, 6.45) is 2.31. The first-order chi connectivity index (χ1) is 28.9. The molecular formula is C45H71N7O9. The number of fused-ring (bicyclic) bond motifs is 1. The molecule has 3 aliphatic heterocycles. The van der Waals surface area contributed by atoms with Gasteiger partial charge in [-0.3, -0.25) is 19.2 Å². The van der Waals surface area contributed by atoms with Crippen LogP contribution in [-0.4, -0.2) is 142 Å². The lowest BCUT2D eigenvalue weighted by Crippen LogP contribution is -2.61. The van der Waals surface area contributed by atoms with E-state index in [1.54, 1.807) is 23.6 Å². The number of nitrogens with two attached hydrogens (primary N) is 1. The van der Waals surface area contributed by atoms with Crippen LogP contribution in [0.3, 0.4) is 0 Å². The van der Waals surface area contributed by atoms with E-state index in [1.807, 2.05) is 83.2 Å². The SMILES string of the molecule is C=CC[C@H]1NC[C@H](C)C[C@@](C)(OC)[C@H](O[C@@H]2O[C@H](C)CC(N(C)C)C2O)[C@@H](C)C(=O)[C@@H](C)C(=O)O[C@H](CC)[C@@]2(C)OC(=O)N(CCCCn3cc(-c4cccc(N)c4)nn3)[C@H]12. The molecule has 16 heteroatoms. The summed E-state index contributed by atoms with van der Waals surface area (Å²) in [5.41, 5.74) is 5.88. The number of nitrogens with zero attached hydrogens (tertiary/aromatic N) is 5. The Balaban J connectivity index is 1.42. The van der Waals surface area contributed by atoms with Gasteiger partial charge in [-0.1, -0.05) is 44.2 Å². The predicted molar refractivity (Wildman–Crippen MR) is 231 cm³/mol. The molecule has 2 unspecified atom stereocenters. The van der Waals surface area contributed by atoms with Crippen molar-refractivity contribution in [3.8, 4) is 11.3 Å². The van der Waals surface area contributed by atoms with E-state index < -0.39 is 71.5 Å². The third-order valence-corrected chi connectivity index (χ3v) is 13.1. The number of carbonyl (C=O) groups excluding carboxylic acids is 3. The van der Waals surface area contributed by atoms with E-state index in [4.69, 9.17) is 29.4 Å². The number of unbranched alkanes of at least 4 members (excludes halogenated alkanes) is 1. The Bertz CT molecular complexity index is 1810. The van der Waals surface area contributed by atoms with Gasteiger partial charge in [-0.2, -0.15) is 0 Å². The maximum absolute atomic E-state index is 14.4. The largest absolute Gasteiger partial charge is 0.458 e. The Morgan fingerprint density at radius 1 is 1.13 bits per heavy atom. The summed E-state index contributed by atoms with van der Waals surface area (Å²) < 4.78 is 33.5. The summed E-state index contributed by atoms with van der Waals surface area (Å²) in [5.74, 6) is -3.25. The smallest absolute Gasteiger partial charge is 0.410 e. The standard InChI is InChI=1S/C45H71N7O9/c1-12-17-33-39-45(8,61-43(56)52(39)21-15-14-20-51-26-34(48-49-51)31-18-16-19-32(46)23-31)36(13-2)59-41(55)30(6)37(53)29(5)40(44(7,57-11)24-27(3)25-47-33)60-42-38(54)35(50(9)10)22-28(4)58-42/h12,16,18-19,23,26-30,33,35-36,38-40,42,47,54H,1,13-15,17,20-22,24-25,46H2,2-11H3/t27-,28-,29+,30-,33-,35?,36-,38?,39-,40-,42+,44-,45-/m1/s1. The van der Waals surface area contributed by atoms with Gasteiger partial charge >= 0.3 is 12.1 Å². The molecule has 2 aromatic rings. The van der Waals surface area contributed by atoms with Crippen molar-refractivity contribution in [1.29, 1.82) is 0 Å². The van der Waals surface area contributed by atoms with Gasteiger partial charge in [0.1, 0.15) is 23.8 Å². The highest BCUT2D eigenvalue weighted by molar-refractivity contribution is 6.00. The number of nitrogens with one attached hydrogen (secondary N) is 1. The van der Waals surface area contributed by atoms with Gasteiger partial charge in [-0.25, -0.2) is 4.79 Å². The molecule has 13 atom stereocenters. The number of aryl methyl sites for hydroxylation is 1. The van der Waals surface area contributed by atoms with E-state index in [-0.39, 0.29) is 24.1 Å². The van der Waals surface area contributed by atoms with Crippen LogP contribution in [0.2, 0.25) is 0 Å². The van der Waals surface area contributed by atoms with Gasteiger partial charge in [0.2, 0.25) is 0 Å². The minimum Gasteiger partial charge on any atom is -0.458 e. The molecule has 3 fully saturated rings. The third-order valence-electron chi connectivity index (χ3n) is 13.1. The minimum atomic E-state index is -1.28. The molecule has 16 nitrogen and oxygen atoms in total. The van der Waals surface area contributed by atoms with Gasteiger partial charge in [0.25, 0.3) is 0 Å². The molecule has 0 radical (unpaired) electrons. The quantitative estimate of drug-likeness (QED) is 0.0815. The molecule has 1 amide bonds. The lowest BCUT2D eigenvalue weighted by atomic mass is 9.78. The maximum Gasteiger partial charge on any atom is 0.410 e. The fourth-order valence-electron chi connectivity index (χ4n) is 9.66. The van der Waals surface area contributed by atoms with Crippen molar-refractivity contribution in [2.24, 2.45) is 17.8 Å². The molecular weight excluding hydrogens is 783 g/mol. The number of hydrogen-bond donors (Lipinski definition) is 3. The number of rotatable bonds is 13. The Labute approximate surface area is 361 Å². The van der Waals surface area contributed by atoms with Crippen molar-refractivity contribution in [2.45, 2.75) is 154 Å². The van der Waals surface area contributed by atoms with E-state index in [9.17, 15) is 19.5 Å². The number of aliphatic hydroxyl groups excluding tert-OH is 1. The van der Waals surface area contributed by atoms with Crippen molar-refractivity contribution in [3.63, 3.8) is 0 Å². The maximum atomic E-state index is 14.4. The van der Waals surface area contributed by atoms with Crippen molar-refractivity contribution < 1.29 is 43.2 Å². The second-order valence-corrected chi connectivity index (χ2v) is 18.1. The molecule has 1 aromatic carbocycles. The van der Waals surface area contributed by atoms with Crippen LogP contribution in [0.15, 0.2) is 43.1 Å².